The van der Waals surface area contributed by atoms with Crippen LogP contribution in [0.1, 0.15) is 40.0 Å². The molecule has 0 aromatic rings. The van der Waals surface area contributed by atoms with E-state index < -0.39 is 0 Å². The second-order valence-electron chi connectivity index (χ2n) is 6.40. The largest absolute Gasteiger partial charge is 0.394 e. The van der Waals surface area contributed by atoms with E-state index in [1.165, 1.54) is 45.6 Å². The van der Waals surface area contributed by atoms with Gasteiger partial charge in [0.05, 0.1) is 6.61 Å². The molecular formula is C15H33N3O. The fourth-order valence-corrected chi connectivity index (χ4v) is 2.64. The summed E-state index contributed by atoms with van der Waals surface area (Å²) in [5.74, 6) is 0. The maximum absolute atomic E-state index is 9.34. The van der Waals surface area contributed by atoms with Gasteiger partial charge < -0.3 is 15.3 Å². The summed E-state index contributed by atoms with van der Waals surface area (Å²) in [6, 6.07) is 0.683. The van der Waals surface area contributed by atoms with Crippen molar-refractivity contribution < 1.29 is 5.11 Å². The highest BCUT2D eigenvalue weighted by Gasteiger charge is 2.21. The first kappa shape index (κ1) is 16.9. The lowest BCUT2D eigenvalue weighted by Crippen LogP contribution is -2.49. The maximum atomic E-state index is 9.34. The van der Waals surface area contributed by atoms with Gasteiger partial charge in [-0.25, -0.2) is 0 Å². The second kappa shape index (κ2) is 8.20. The maximum Gasteiger partial charge on any atom is 0.0610 e. The topological polar surface area (TPSA) is 38.7 Å². The third kappa shape index (κ3) is 5.78. The molecule has 1 heterocycles. The Labute approximate surface area is 119 Å². The number of aliphatic hydroxyl groups excluding tert-OH is 1. The van der Waals surface area contributed by atoms with Crippen molar-refractivity contribution in [3.63, 3.8) is 0 Å². The van der Waals surface area contributed by atoms with Crippen LogP contribution in [-0.4, -0.2) is 72.9 Å². The lowest BCUT2D eigenvalue weighted by molar-refractivity contribution is 0.106. The van der Waals surface area contributed by atoms with Crippen molar-refractivity contribution in [1.29, 1.82) is 0 Å². The first-order valence-corrected chi connectivity index (χ1v) is 7.77. The molecule has 19 heavy (non-hydrogen) atoms. The minimum Gasteiger partial charge on any atom is -0.394 e. The normalized spacial score (nSPS) is 21.8. The monoisotopic (exact) mass is 271 g/mol. The number of nitrogens with zero attached hydrogens (tertiary/aromatic N) is 2. The summed E-state index contributed by atoms with van der Waals surface area (Å²) in [5.41, 5.74) is -0.101. The zero-order valence-electron chi connectivity index (χ0n) is 13.3. The molecule has 0 amide bonds. The minimum absolute atomic E-state index is 0.101. The Kier molecular flexibility index (Phi) is 7.29. The summed E-state index contributed by atoms with van der Waals surface area (Å²) in [4.78, 5) is 5.13. The zero-order chi connectivity index (χ0) is 14.3. The molecule has 0 aromatic carbocycles. The van der Waals surface area contributed by atoms with Gasteiger partial charge in [-0.3, -0.25) is 4.90 Å². The zero-order valence-corrected chi connectivity index (χ0v) is 13.3. The van der Waals surface area contributed by atoms with Gasteiger partial charge in [0.25, 0.3) is 0 Å². The quantitative estimate of drug-likeness (QED) is 0.650. The van der Waals surface area contributed by atoms with E-state index in [2.05, 4.69) is 35.9 Å². The van der Waals surface area contributed by atoms with Crippen molar-refractivity contribution in [3.8, 4) is 0 Å². The van der Waals surface area contributed by atoms with Gasteiger partial charge in [0.1, 0.15) is 0 Å². The van der Waals surface area contributed by atoms with Crippen molar-refractivity contribution in [2.75, 3.05) is 46.4 Å². The Morgan fingerprint density at radius 2 is 1.79 bits per heavy atom. The van der Waals surface area contributed by atoms with Crippen LogP contribution in [0.25, 0.3) is 0 Å². The van der Waals surface area contributed by atoms with E-state index >= 15 is 0 Å². The first-order chi connectivity index (χ1) is 9.00. The Bertz CT molecular complexity index is 234. The number of unbranched alkanes of at least 4 members (excludes halogenated alkanes) is 1. The summed E-state index contributed by atoms with van der Waals surface area (Å²) in [7, 11) is 1.93. The van der Waals surface area contributed by atoms with E-state index in [9.17, 15) is 5.11 Å². The van der Waals surface area contributed by atoms with Gasteiger partial charge in [0.2, 0.25) is 0 Å². The molecular weight excluding hydrogens is 238 g/mol. The van der Waals surface area contributed by atoms with E-state index in [4.69, 9.17) is 0 Å². The molecule has 114 valence electrons. The fourth-order valence-electron chi connectivity index (χ4n) is 2.64. The van der Waals surface area contributed by atoms with E-state index in [1.807, 2.05) is 7.05 Å². The van der Waals surface area contributed by atoms with Crippen molar-refractivity contribution >= 4 is 0 Å². The third-order valence-corrected chi connectivity index (χ3v) is 4.54. The van der Waals surface area contributed by atoms with Gasteiger partial charge in [-0.2, -0.15) is 0 Å². The summed E-state index contributed by atoms with van der Waals surface area (Å²) >= 11 is 0. The Hall–Kier alpha value is -0.160. The molecule has 0 bridgehead atoms. The first-order valence-electron chi connectivity index (χ1n) is 7.77. The smallest absolute Gasteiger partial charge is 0.0610 e. The van der Waals surface area contributed by atoms with Crippen molar-refractivity contribution in [3.05, 3.63) is 0 Å². The number of aliphatic hydroxyl groups is 1. The molecule has 1 saturated heterocycles. The number of piperazine rings is 1. The molecule has 2 N–H and O–H groups in total. The molecule has 0 radical (unpaired) electrons. The van der Waals surface area contributed by atoms with E-state index in [-0.39, 0.29) is 12.1 Å². The molecule has 1 atom stereocenters. The van der Waals surface area contributed by atoms with Crippen LogP contribution in [0, 0.1) is 0 Å². The van der Waals surface area contributed by atoms with Crippen molar-refractivity contribution in [1.82, 2.24) is 15.1 Å². The van der Waals surface area contributed by atoms with E-state index in [1.54, 1.807) is 0 Å². The summed E-state index contributed by atoms with van der Waals surface area (Å²) in [6.45, 7) is 12.9. The van der Waals surface area contributed by atoms with Gasteiger partial charge in [0.15, 0.2) is 0 Å². The van der Waals surface area contributed by atoms with Crippen LogP contribution in [-0.2, 0) is 0 Å². The van der Waals surface area contributed by atoms with Crippen LogP contribution in [0.2, 0.25) is 0 Å². The highest BCUT2D eigenvalue weighted by atomic mass is 16.3. The average Bonchev–Trinajstić information content (AvgIpc) is 2.44. The van der Waals surface area contributed by atoms with Gasteiger partial charge in [-0.1, -0.05) is 6.42 Å². The predicted octanol–water partition coefficient (Wildman–Crippen LogP) is 1.15. The van der Waals surface area contributed by atoms with Gasteiger partial charge in [-0.05, 0) is 47.2 Å². The number of rotatable bonds is 8. The standard InChI is InChI=1S/C15H33N3O/c1-14(2)18-11-9-17(10-12-18)8-6-5-7-15(3,13-19)16-4/h14,16,19H,5-13H2,1-4H3. The average molecular weight is 271 g/mol. The third-order valence-electron chi connectivity index (χ3n) is 4.54. The van der Waals surface area contributed by atoms with Crippen LogP contribution in [0.5, 0.6) is 0 Å². The Morgan fingerprint density at radius 1 is 1.16 bits per heavy atom. The molecule has 1 rings (SSSR count). The number of hydrogen-bond acceptors (Lipinski definition) is 4. The van der Waals surface area contributed by atoms with Crippen molar-refractivity contribution in [2.45, 2.75) is 51.6 Å². The number of hydrogen-bond donors (Lipinski definition) is 2. The molecule has 0 saturated carbocycles. The summed E-state index contributed by atoms with van der Waals surface area (Å²) < 4.78 is 0. The van der Waals surface area contributed by atoms with Crippen LogP contribution >= 0.6 is 0 Å². The molecule has 1 fully saturated rings. The predicted molar refractivity (Wildman–Crippen MR) is 81.6 cm³/mol. The lowest BCUT2D eigenvalue weighted by atomic mass is 9.96. The molecule has 0 spiro atoms. The van der Waals surface area contributed by atoms with Gasteiger partial charge in [-0.15, -0.1) is 0 Å². The van der Waals surface area contributed by atoms with Crippen LogP contribution in [0.4, 0.5) is 0 Å². The van der Waals surface area contributed by atoms with Gasteiger partial charge in [0, 0.05) is 37.8 Å². The summed E-state index contributed by atoms with van der Waals surface area (Å²) in [5, 5.41) is 12.6. The van der Waals surface area contributed by atoms with Crippen LogP contribution in [0.15, 0.2) is 0 Å². The highest BCUT2D eigenvalue weighted by Crippen LogP contribution is 2.13. The molecule has 4 nitrogen and oxygen atoms in total. The lowest BCUT2D eigenvalue weighted by Gasteiger charge is -2.37. The van der Waals surface area contributed by atoms with Crippen molar-refractivity contribution in [2.24, 2.45) is 0 Å². The van der Waals surface area contributed by atoms with Gasteiger partial charge >= 0.3 is 0 Å². The molecule has 1 aliphatic rings. The van der Waals surface area contributed by atoms with E-state index in [0.29, 0.717) is 6.04 Å². The molecule has 1 unspecified atom stereocenters. The number of likely N-dealkylation sites (N-methyl/N-ethyl adjacent to an activating group) is 1. The fraction of sp³-hybridized carbons (Fsp3) is 1.00. The van der Waals surface area contributed by atoms with E-state index in [0.717, 1.165) is 6.42 Å². The van der Waals surface area contributed by atoms with Crippen LogP contribution < -0.4 is 5.32 Å². The summed E-state index contributed by atoms with van der Waals surface area (Å²) in [6.07, 6.45) is 3.47. The number of nitrogens with one attached hydrogen (secondary N) is 1. The second-order valence-corrected chi connectivity index (χ2v) is 6.40. The molecule has 0 aromatic heterocycles. The molecule has 1 aliphatic heterocycles. The minimum atomic E-state index is -0.101. The Balaban J connectivity index is 2.11. The SMILES string of the molecule is CNC(C)(CO)CCCCN1CCN(C(C)C)CC1. The highest BCUT2D eigenvalue weighted by molar-refractivity contribution is 4.80. The molecule has 4 heteroatoms. The Morgan fingerprint density at radius 3 is 2.26 bits per heavy atom. The molecule has 0 aliphatic carbocycles. The van der Waals surface area contributed by atoms with Crippen LogP contribution in [0.3, 0.4) is 0 Å².